The van der Waals surface area contributed by atoms with E-state index in [1.54, 1.807) is 17.3 Å². The van der Waals surface area contributed by atoms with Gasteiger partial charge in [-0.15, -0.1) is 0 Å². The Kier molecular flexibility index (Phi) is 4.52. The molecule has 2 amide bonds. The summed E-state index contributed by atoms with van der Waals surface area (Å²) < 4.78 is 13.4. The molecule has 0 radical (unpaired) electrons. The molecule has 0 bridgehead atoms. The van der Waals surface area contributed by atoms with Crippen molar-refractivity contribution in [1.82, 2.24) is 20.1 Å². The SMILES string of the molecule is CN1C=CN(C(=O)NCc2ncccc2F)C1CCN. The Bertz CT molecular complexity index is 507. The van der Waals surface area contributed by atoms with Crippen molar-refractivity contribution in [3.05, 3.63) is 42.2 Å². The summed E-state index contributed by atoms with van der Waals surface area (Å²) in [5, 5.41) is 2.66. The van der Waals surface area contributed by atoms with Gasteiger partial charge < -0.3 is 16.0 Å². The molecular formula is C13H18FN5O. The molecule has 1 aliphatic rings. The van der Waals surface area contributed by atoms with Crippen molar-refractivity contribution >= 4 is 6.03 Å². The quantitative estimate of drug-likeness (QED) is 0.856. The van der Waals surface area contributed by atoms with Crippen molar-refractivity contribution in [3.63, 3.8) is 0 Å². The van der Waals surface area contributed by atoms with Crippen LogP contribution in [0.5, 0.6) is 0 Å². The molecule has 20 heavy (non-hydrogen) atoms. The van der Waals surface area contributed by atoms with Crippen molar-refractivity contribution in [3.8, 4) is 0 Å². The summed E-state index contributed by atoms with van der Waals surface area (Å²) in [6, 6.07) is 2.53. The molecule has 0 aliphatic carbocycles. The number of hydrogen-bond acceptors (Lipinski definition) is 4. The van der Waals surface area contributed by atoms with Gasteiger partial charge in [-0.3, -0.25) is 9.88 Å². The molecule has 1 atom stereocenters. The molecule has 0 spiro atoms. The van der Waals surface area contributed by atoms with Crippen molar-refractivity contribution in [1.29, 1.82) is 0 Å². The van der Waals surface area contributed by atoms with E-state index in [0.717, 1.165) is 0 Å². The van der Waals surface area contributed by atoms with Gasteiger partial charge in [0.25, 0.3) is 0 Å². The monoisotopic (exact) mass is 279 g/mol. The highest BCUT2D eigenvalue weighted by molar-refractivity contribution is 5.76. The molecule has 0 fully saturated rings. The Balaban J connectivity index is 1.95. The number of pyridine rings is 1. The molecule has 1 aromatic rings. The van der Waals surface area contributed by atoms with Gasteiger partial charge in [0.15, 0.2) is 0 Å². The number of carbonyl (C=O) groups is 1. The van der Waals surface area contributed by atoms with Gasteiger partial charge in [0, 0.05) is 25.6 Å². The molecule has 3 N–H and O–H groups in total. The number of nitrogens with zero attached hydrogens (tertiary/aromatic N) is 3. The van der Waals surface area contributed by atoms with Crippen molar-refractivity contribution in [2.45, 2.75) is 19.1 Å². The number of rotatable bonds is 4. The highest BCUT2D eigenvalue weighted by atomic mass is 19.1. The van der Waals surface area contributed by atoms with Crippen molar-refractivity contribution < 1.29 is 9.18 Å². The smallest absolute Gasteiger partial charge is 0.323 e. The first-order valence-corrected chi connectivity index (χ1v) is 6.39. The van der Waals surface area contributed by atoms with Gasteiger partial charge in [-0.1, -0.05) is 0 Å². The van der Waals surface area contributed by atoms with E-state index in [4.69, 9.17) is 5.73 Å². The van der Waals surface area contributed by atoms with Crippen LogP contribution < -0.4 is 11.1 Å². The molecule has 1 aromatic heterocycles. The van der Waals surface area contributed by atoms with E-state index >= 15 is 0 Å². The lowest BCUT2D eigenvalue weighted by Gasteiger charge is -2.28. The predicted molar refractivity (Wildman–Crippen MR) is 72.6 cm³/mol. The number of hydrogen-bond donors (Lipinski definition) is 2. The summed E-state index contributed by atoms with van der Waals surface area (Å²) in [5.41, 5.74) is 5.76. The summed E-state index contributed by atoms with van der Waals surface area (Å²) in [7, 11) is 1.88. The minimum atomic E-state index is -0.430. The summed E-state index contributed by atoms with van der Waals surface area (Å²) >= 11 is 0. The first-order chi connectivity index (χ1) is 9.63. The summed E-state index contributed by atoms with van der Waals surface area (Å²) in [6.45, 7) is 0.532. The molecule has 1 aliphatic heterocycles. The molecule has 1 unspecified atom stereocenters. The number of aromatic nitrogens is 1. The summed E-state index contributed by atoms with van der Waals surface area (Å²) in [6.07, 6.45) is 5.54. The van der Waals surface area contributed by atoms with Gasteiger partial charge in [0.2, 0.25) is 0 Å². The van der Waals surface area contributed by atoms with Crippen LogP contribution in [0.15, 0.2) is 30.7 Å². The van der Waals surface area contributed by atoms with Crippen LogP contribution in [-0.4, -0.2) is 40.6 Å². The van der Waals surface area contributed by atoms with Crippen molar-refractivity contribution in [2.24, 2.45) is 5.73 Å². The number of halogens is 1. The van der Waals surface area contributed by atoms with Crippen LogP contribution in [0.2, 0.25) is 0 Å². The highest BCUT2D eigenvalue weighted by Gasteiger charge is 2.27. The maximum absolute atomic E-state index is 13.4. The lowest BCUT2D eigenvalue weighted by atomic mass is 10.3. The van der Waals surface area contributed by atoms with Crippen LogP contribution in [-0.2, 0) is 6.54 Å². The molecule has 6 nitrogen and oxygen atoms in total. The number of carbonyl (C=O) groups excluding carboxylic acids is 1. The standard InChI is InChI=1S/C13H18FN5O/c1-18-7-8-19(12(18)4-5-15)13(20)17-9-11-10(14)3-2-6-16-11/h2-3,6-8,12H,4-5,9,15H2,1H3,(H,17,20). The molecule has 0 saturated carbocycles. The van der Waals surface area contributed by atoms with Gasteiger partial charge >= 0.3 is 6.03 Å². The van der Waals surface area contributed by atoms with Gasteiger partial charge in [-0.25, -0.2) is 9.18 Å². The Labute approximate surface area is 117 Å². The maximum Gasteiger partial charge on any atom is 0.323 e. The minimum absolute atomic E-state index is 0.0505. The second kappa shape index (κ2) is 6.33. The number of nitrogens with two attached hydrogens (primary N) is 1. The lowest BCUT2D eigenvalue weighted by Crippen LogP contribution is -2.45. The van der Waals surface area contributed by atoms with E-state index in [9.17, 15) is 9.18 Å². The average Bonchev–Trinajstić information content (AvgIpc) is 2.80. The number of nitrogens with one attached hydrogen (secondary N) is 1. The van der Waals surface area contributed by atoms with Gasteiger partial charge in [0.1, 0.15) is 12.0 Å². The fourth-order valence-corrected chi connectivity index (χ4v) is 2.07. The van der Waals surface area contributed by atoms with Crippen LogP contribution in [0.3, 0.4) is 0 Å². The van der Waals surface area contributed by atoms with E-state index in [1.165, 1.54) is 18.3 Å². The Morgan fingerprint density at radius 2 is 2.35 bits per heavy atom. The molecular weight excluding hydrogens is 261 g/mol. The molecule has 7 heteroatoms. The molecule has 2 rings (SSSR count). The lowest BCUT2D eigenvalue weighted by molar-refractivity contribution is 0.162. The predicted octanol–water partition coefficient (Wildman–Crippen LogP) is 0.824. The van der Waals surface area contributed by atoms with Crippen molar-refractivity contribution in [2.75, 3.05) is 13.6 Å². The molecule has 108 valence electrons. The topological polar surface area (TPSA) is 74.5 Å². The van der Waals surface area contributed by atoms with Crippen LogP contribution in [0.25, 0.3) is 0 Å². The maximum atomic E-state index is 13.4. The largest absolute Gasteiger partial charge is 0.359 e. The molecule has 2 heterocycles. The van der Waals surface area contributed by atoms with Gasteiger partial charge in [-0.05, 0) is 25.1 Å². The van der Waals surface area contributed by atoms with E-state index < -0.39 is 5.82 Å². The van der Waals surface area contributed by atoms with Crippen LogP contribution >= 0.6 is 0 Å². The van der Waals surface area contributed by atoms with E-state index in [0.29, 0.717) is 13.0 Å². The normalized spacial score (nSPS) is 17.6. The Morgan fingerprint density at radius 1 is 1.55 bits per heavy atom. The third kappa shape index (κ3) is 3.05. The fourth-order valence-electron chi connectivity index (χ4n) is 2.07. The van der Waals surface area contributed by atoms with E-state index in [2.05, 4.69) is 10.3 Å². The zero-order chi connectivity index (χ0) is 14.5. The van der Waals surface area contributed by atoms with Gasteiger partial charge in [0.05, 0.1) is 12.2 Å². The second-order valence-electron chi connectivity index (χ2n) is 4.52. The van der Waals surface area contributed by atoms with Crippen LogP contribution in [0.4, 0.5) is 9.18 Å². The first-order valence-electron chi connectivity index (χ1n) is 6.39. The average molecular weight is 279 g/mol. The third-order valence-corrected chi connectivity index (χ3v) is 3.15. The zero-order valence-corrected chi connectivity index (χ0v) is 11.3. The zero-order valence-electron chi connectivity index (χ0n) is 11.3. The molecule has 0 saturated heterocycles. The fraction of sp³-hybridized carbons (Fsp3) is 0.385. The Morgan fingerprint density at radius 3 is 3.05 bits per heavy atom. The third-order valence-electron chi connectivity index (χ3n) is 3.15. The number of amides is 2. The Hall–Kier alpha value is -2.15. The second-order valence-corrected chi connectivity index (χ2v) is 4.52. The van der Waals surface area contributed by atoms with Crippen LogP contribution in [0.1, 0.15) is 12.1 Å². The first kappa shape index (κ1) is 14.3. The summed E-state index contributed by atoms with van der Waals surface area (Å²) in [5.74, 6) is -0.430. The molecule has 0 aromatic carbocycles. The highest BCUT2D eigenvalue weighted by Crippen LogP contribution is 2.16. The van der Waals surface area contributed by atoms with E-state index in [-0.39, 0.29) is 24.4 Å². The van der Waals surface area contributed by atoms with Gasteiger partial charge in [-0.2, -0.15) is 0 Å². The minimum Gasteiger partial charge on any atom is -0.359 e. The van der Waals surface area contributed by atoms with E-state index in [1.807, 2.05) is 11.9 Å². The summed E-state index contributed by atoms with van der Waals surface area (Å²) in [4.78, 5) is 19.5. The van der Waals surface area contributed by atoms with Crippen LogP contribution in [0, 0.1) is 5.82 Å². The number of urea groups is 1.